The summed E-state index contributed by atoms with van der Waals surface area (Å²) in [6.45, 7) is 8.84. The van der Waals surface area contributed by atoms with Gasteiger partial charge in [0.1, 0.15) is 0 Å². The maximum absolute atomic E-state index is 12.2. The maximum atomic E-state index is 12.2. The highest BCUT2D eigenvalue weighted by atomic mass is 16.5. The first-order chi connectivity index (χ1) is 14.2. The molecular weight excluding hydrogens is 372 g/mol. The molecule has 0 atom stereocenters. The van der Waals surface area contributed by atoms with Crippen molar-refractivity contribution in [3.63, 3.8) is 0 Å². The number of ether oxygens (including phenoxy) is 1. The van der Waals surface area contributed by atoms with Crippen LogP contribution >= 0.6 is 0 Å². The van der Waals surface area contributed by atoms with Gasteiger partial charge in [0.05, 0.1) is 13.2 Å². The van der Waals surface area contributed by atoms with Crippen molar-refractivity contribution in [2.75, 3.05) is 78.6 Å². The van der Waals surface area contributed by atoms with Gasteiger partial charge in [-0.1, -0.05) is 19.3 Å². The molecule has 168 valence electrons. The van der Waals surface area contributed by atoms with Crippen LogP contribution in [0, 0.1) is 5.92 Å². The highest BCUT2D eigenvalue weighted by Crippen LogP contribution is 2.23. The molecule has 1 aliphatic carbocycles. The van der Waals surface area contributed by atoms with Crippen LogP contribution < -0.4 is 26.6 Å². The Morgan fingerprint density at radius 1 is 0.828 bits per heavy atom. The molecule has 0 spiro atoms. The lowest BCUT2D eigenvalue weighted by molar-refractivity contribution is -0.122. The Labute approximate surface area is 175 Å². The van der Waals surface area contributed by atoms with Gasteiger partial charge in [-0.15, -0.1) is 0 Å². The molecule has 0 bridgehead atoms. The van der Waals surface area contributed by atoms with Crippen LogP contribution in [0.1, 0.15) is 32.1 Å². The highest BCUT2D eigenvalue weighted by molar-refractivity contribution is 5.78. The van der Waals surface area contributed by atoms with Gasteiger partial charge >= 0.3 is 6.09 Å². The molecule has 0 aromatic heterocycles. The lowest BCUT2D eigenvalue weighted by Crippen LogP contribution is -2.46. The second-order valence-corrected chi connectivity index (χ2v) is 7.91. The number of carbonyl (C=O) groups excluding carboxylic acids is 2. The Morgan fingerprint density at radius 3 is 2.07 bits per heavy atom. The lowest BCUT2D eigenvalue weighted by atomic mass is 9.90. The van der Waals surface area contributed by atoms with Gasteiger partial charge in [0.2, 0.25) is 5.91 Å². The van der Waals surface area contributed by atoms with E-state index in [1.54, 1.807) is 0 Å². The molecule has 2 rings (SSSR count). The van der Waals surface area contributed by atoms with Crippen LogP contribution in [0.4, 0.5) is 4.79 Å². The Bertz CT molecular complexity index is 447. The van der Waals surface area contributed by atoms with Gasteiger partial charge in [0.15, 0.2) is 0 Å². The van der Waals surface area contributed by atoms with Crippen LogP contribution in [0.5, 0.6) is 0 Å². The van der Waals surface area contributed by atoms with E-state index >= 15 is 0 Å². The van der Waals surface area contributed by atoms with Crippen LogP contribution in [-0.2, 0) is 9.53 Å². The standard InChI is InChI=1S/C20H40N6O3/c27-19(16-26-14-12-22-8-6-21-7-9-23-13-15-26)24-10-11-25-20(28)29-17-18-4-2-1-3-5-18/h18,21-23H,1-17H2,(H,24,27)(H,25,28). The molecule has 29 heavy (non-hydrogen) atoms. The number of hydrogen-bond donors (Lipinski definition) is 5. The molecule has 5 N–H and O–H groups in total. The van der Waals surface area contributed by atoms with Crippen molar-refractivity contribution in [2.45, 2.75) is 32.1 Å². The number of nitrogens with one attached hydrogen (secondary N) is 5. The molecule has 0 unspecified atom stereocenters. The first kappa shape index (κ1) is 23.9. The van der Waals surface area contributed by atoms with E-state index in [1.807, 2.05) is 0 Å². The van der Waals surface area contributed by atoms with E-state index in [4.69, 9.17) is 4.74 Å². The largest absolute Gasteiger partial charge is 0.449 e. The van der Waals surface area contributed by atoms with E-state index < -0.39 is 0 Å². The molecule has 1 saturated carbocycles. The second-order valence-electron chi connectivity index (χ2n) is 7.91. The molecule has 2 aliphatic rings. The number of hydrogen-bond acceptors (Lipinski definition) is 7. The fourth-order valence-electron chi connectivity index (χ4n) is 3.70. The molecule has 1 aliphatic heterocycles. The van der Waals surface area contributed by atoms with E-state index in [0.29, 0.717) is 32.2 Å². The number of nitrogens with zero attached hydrogens (tertiary/aromatic N) is 1. The predicted octanol–water partition coefficient (Wildman–Crippen LogP) is -0.506. The molecule has 2 fully saturated rings. The first-order valence-corrected chi connectivity index (χ1v) is 11.3. The molecule has 1 saturated heterocycles. The van der Waals surface area contributed by atoms with Gasteiger partial charge < -0.3 is 31.3 Å². The van der Waals surface area contributed by atoms with Crippen LogP contribution in [0.3, 0.4) is 0 Å². The number of rotatable bonds is 7. The summed E-state index contributed by atoms with van der Waals surface area (Å²) in [4.78, 5) is 26.1. The summed E-state index contributed by atoms with van der Waals surface area (Å²) in [6, 6.07) is 0. The van der Waals surface area contributed by atoms with Gasteiger partial charge in [0.25, 0.3) is 0 Å². The molecule has 9 nitrogen and oxygen atoms in total. The minimum Gasteiger partial charge on any atom is -0.449 e. The van der Waals surface area contributed by atoms with Gasteiger partial charge in [-0.25, -0.2) is 4.79 Å². The topological polar surface area (TPSA) is 107 Å². The molecular formula is C20H40N6O3. The summed E-state index contributed by atoms with van der Waals surface area (Å²) in [5.74, 6) is 0.491. The van der Waals surface area contributed by atoms with E-state index in [1.165, 1.54) is 19.3 Å². The summed E-state index contributed by atoms with van der Waals surface area (Å²) in [5.41, 5.74) is 0. The number of alkyl carbamates (subject to hydrolysis) is 1. The van der Waals surface area contributed by atoms with Crippen LogP contribution in [-0.4, -0.2) is 95.5 Å². The maximum Gasteiger partial charge on any atom is 0.407 e. The summed E-state index contributed by atoms with van der Waals surface area (Å²) in [7, 11) is 0. The second kappa shape index (κ2) is 15.4. The summed E-state index contributed by atoms with van der Waals surface area (Å²) < 4.78 is 5.29. The molecule has 1 heterocycles. The normalized spacial score (nSPS) is 20.8. The average Bonchev–Trinajstić information content (AvgIpc) is 2.72. The number of amides is 2. The van der Waals surface area contributed by atoms with Crippen molar-refractivity contribution >= 4 is 12.0 Å². The van der Waals surface area contributed by atoms with Gasteiger partial charge in [-0.2, -0.15) is 0 Å². The fourth-order valence-corrected chi connectivity index (χ4v) is 3.70. The third-order valence-corrected chi connectivity index (χ3v) is 5.43. The minimum atomic E-state index is -0.389. The summed E-state index contributed by atoms with van der Waals surface area (Å²) in [6.07, 6.45) is 5.69. The van der Waals surface area contributed by atoms with Crippen molar-refractivity contribution in [1.82, 2.24) is 31.5 Å². The van der Waals surface area contributed by atoms with E-state index in [9.17, 15) is 9.59 Å². The monoisotopic (exact) mass is 412 g/mol. The van der Waals surface area contributed by atoms with Crippen molar-refractivity contribution < 1.29 is 14.3 Å². The molecule has 9 heteroatoms. The third kappa shape index (κ3) is 12.0. The summed E-state index contributed by atoms with van der Waals surface area (Å²) in [5, 5.41) is 15.7. The van der Waals surface area contributed by atoms with Gasteiger partial charge in [-0.3, -0.25) is 9.69 Å². The Morgan fingerprint density at radius 2 is 1.41 bits per heavy atom. The van der Waals surface area contributed by atoms with E-state index in [2.05, 4.69) is 31.5 Å². The van der Waals surface area contributed by atoms with Crippen molar-refractivity contribution in [3.05, 3.63) is 0 Å². The van der Waals surface area contributed by atoms with E-state index in [-0.39, 0.29) is 12.0 Å². The molecule has 0 radical (unpaired) electrons. The Kier molecular flexibility index (Phi) is 12.7. The minimum absolute atomic E-state index is 0.0175. The molecule has 2 amide bonds. The van der Waals surface area contributed by atoms with Crippen molar-refractivity contribution in [3.8, 4) is 0 Å². The smallest absolute Gasteiger partial charge is 0.407 e. The predicted molar refractivity (Wildman–Crippen MR) is 114 cm³/mol. The van der Waals surface area contributed by atoms with Crippen LogP contribution in [0.25, 0.3) is 0 Å². The highest BCUT2D eigenvalue weighted by Gasteiger charge is 2.15. The van der Waals surface area contributed by atoms with E-state index in [0.717, 1.165) is 65.2 Å². The third-order valence-electron chi connectivity index (χ3n) is 5.43. The van der Waals surface area contributed by atoms with Crippen LogP contribution in [0.2, 0.25) is 0 Å². The number of carbonyl (C=O) groups is 2. The Balaban J connectivity index is 1.53. The zero-order valence-corrected chi connectivity index (χ0v) is 17.8. The zero-order valence-electron chi connectivity index (χ0n) is 17.8. The fraction of sp³-hybridized carbons (Fsp3) is 0.900. The lowest BCUT2D eigenvalue weighted by Gasteiger charge is -2.23. The SMILES string of the molecule is O=C(CN1CCNCCNCCNCC1)NCCNC(=O)OCC1CCCCC1. The van der Waals surface area contributed by atoms with Gasteiger partial charge in [-0.05, 0) is 18.8 Å². The summed E-state index contributed by atoms with van der Waals surface area (Å²) >= 11 is 0. The van der Waals surface area contributed by atoms with Crippen LogP contribution in [0.15, 0.2) is 0 Å². The van der Waals surface area contributed by atoms with Gasteiger partial charge in [0, 0.05) is 65.4 Å². The zero-order chi connectivity index (χ0) is 20.6. The molecule has 0 aromatic rings. The average molecular weight is 413 g/mol. The van der Waals surface area contributed by atoms with Crippen molar-refractivity contribution in [1.29, 1.82) is 0 Å². The quantitative estimate of drug-likeness (QED) is 0.359. The first-order valence-electron chi connectivity index (χ1n) is 11.3. The molecule has 0 aromatic carbocycles. The Hall–Kier alpha value is -1.42. The van der Waals surface area contributed by atoms with Crippen molar-refractivity contribution in [2.24, 2.45) is 5.92 Å².